The third kappa shape index (κ3) is 3.71. The van der Waals surface area contributed by atoms with Crippen molar-refractivity contribution in [3.63, 3.8) is 0 Å². The SMILES string of the molecule is C#CNSC. The van der Waals surface area contributed by atoms with Gasteiger partial charge in [0.25, 0.3) is 0 Å². The average Bonchev–Trinajstić information content (AvgIpc) is 1.41. The number of rotatable bonds is 1. The normalized spacial score (nSPS) is 5.60. The highest BCUT2D eigenvalue weighted by Crippen LogP contribution is 1.73. The second-order valence-corrected chi connectivity index (χ2v) is 1.06. The third-order valence-corrected chi connectivity index (χ3v) is 0.483. The molecule has 2 heteroatoms. The predicted molar refractivity (Wildman–Crippen MR) is 25.5 cm³/mol. The van der Waals surface area contributed by atoms with Gasteiger partial charge in [0.2, 0.25) is 0 Å². The molecule has 0 fully saturated rings. The average molecular weight is 87.1 g/mol. The standard InChI is InChI=1S/C3H5NS/c1-3-4-5-2/h1,4H,2H3. The molecule has 0 spiro atoms. The van der Waals surface area contributed by atoms with Crippen LogP contribution >= 0.6 is 11.9 Å². The fraction of sp³-hybridized carbons (Fsp3) is 0.333. The molecule has 0 aliphatic heterocycles. The van der Waals surface area contributed by atoms with Gasteiger partial charge in [-0.25, -0.2) is 0 Å². The van der Waals surface area contributed by atoms with Crippen LogP contribution < -0.4 is 4.72 Å². The lowest BCUT2D eigenvalue weighted by Gasteiger charge is -1.78. The van der Waals surface area contributed by atoms with Gasteiger partial charge in [-0.2, -0.15) is 0 Å². The Labute approximate surface area is 36.3 Å². The molecule has 0 rings (SSSR count). The van der Waals surface area contributed by atoms with Gasteiger partial charge in [0.05, 0.1) is 0 Å². The van der Waals surface area contributed by atoms with Crippen LogP contribution in [-0.4, -0.2) is 6.26 Å². The van der Waals surface area contributed by atoms with Gasteiger partial charge in [0, 0.05) is 12.3 Å². The molecule has 28 valence electrons. The number of hydrogen-bond acceptors (Lipinski definition) is 2. The quantitative estimate of drug-likeness (QED) is 0.283. The van der Waals surface area contributed by atoms with E-state index in [1.807, 2.05) is 6.26 Å². The molecular weight excluding hydrogens is 82.1 g/mol. The van der Waals surface area contributed by atoms with E-state index in [1.54, 1.807) is 0 Å². The first kappa shape index (κ1) is 4.71. The Kier molecular flexibility index (Phi) is 3.49. The number of hydrogen-bond donors (Lipinski definition) is 1. The Hall–Kier alpha value is -0.290. The van der Waals surface area contributed by atoms with Crippen molar-refractivity contribution in [2.45, 2.75) is 0 Å². The minimum atomic E-state index is 1.42. The molecule has 0 aromatic heterocycles. The van der Waals surface area contributed by atoms with Crippen molar-refractivity contribution in [2.24, 2.45) is 0 Å². The minimum Gasteiger partial charge on any atom is -0.289 e. The molecule has 0 aliphatic rings. The molecule has 0 saturated heterocycles. The number of terminal acetylenes is 1. The molecule has 0 aromatic rings. The highest BCUT2D eigenvalue weighted by molar-refractivity contribution is 7.96. The fourth-order valence-electron chi connectivity index (χ4n) is 0.0589. The molecule has 1 nitrogen and oxygen atoms in total. The van der Waals surface area contributed by atoms with E-state index in [-0.39, 0.29) is 0 Å². The first-order chi connectivity index (χ1) is 2.41. The summed E-state index contributed by atoms with van der Waals surface area (Å²) >= 11 is 1.42. The van der Waals surface area contributed by atoms with Gasteiger partial charge in [-0.1, -0.05) is 6.42 Å². The van der Waals surface area contributed by atoms with Crippen LogP contribution in [0.25, 0.3) is 0 Å². The van der Waals surface area contributed by atoms with Gasteiger partial charge in [-0.15, -0.1) is 0 Å². The van der Waals surface area contributed by atoms with Gasteiger partial charge in [-0.3, -0.25) is 4.72 Å². The lowest BCUT2D eigenvalue weighted by atomic mass is 11.2. The van der Waals surface area contributed by atoms with Gasteiger partial charge < -0.3 is 0 Å². The van der Waals surface area contributed by atoms with Crippen molar-refractivity contribution < 1.29 is 0 Å². The van der Waals surface area contributed by atoms with E-state index in [0.717, 1.165) is 0 Å². The Morgan fingerprint density at radius 2 is 2.60 bits per heavy atom. The number of nitrogens with one attached hydrogen (secondary N) is 1. The van der Waals surface area contributed by atoms with E-state index in [9.17, 15) is 0 Å². The predicted octanol–water partition coefficient (Wildman–Crippen LogP) is 0.445. The zero-order valence-corrected chi connectivity index (χ0v) is 3.80. The van der Waals surface area contributed by atoms with Crippen LogP contribution in [0.1, 0.15) is 0 Å². The zero-order chi connectivity index (χ0) is 4.12. The molecule has 0 aliphatic carbocycles. The van der Waals surface area contributed by atoms with E-state index in [2.05, 4.69) is 10.8 Å². The molecular formula is C3H5NS. The van der Waals surface area contributed by atoms with Gasteiger partial charge in [0.1, 0.15) is 0 Å². The minimum absolute atomic E-state index is 1.42. The summed E-state index contributed by atoms with van der Waals surface area (Å²) < 4.78 is 2.56. The summed E-state index contributed by atoms with van der Waals surface area (Å²) in [4.78, 5) is 0. The highest BCUT2D eigenvalue weighted by atomic mass is 32.2. The monoisotopic (exact) mass is 87.0 g/mol. The van der Waals surface area contributed by atoms with Crippen molar-refractivity contribution >= 4 is 11.9 Å². The highest BCUT2D eigenvalue weighted by Gasteiger charge is 1.54. The van der Waals surface area contributed by atoms with Crippen LogP contribution in [0.15, 0.2) is 0 Å². The Morgan fingerprint density at radius 1 is 2.00 bits per heavy atom. The lowest BCUT2D eigenvalue weighted by molar-refractivity contribution is 1.53. The van der Waals surface area contributed by atoms with Crippen LogP contribution in [0.2, 0.25) is 0 Å². The van der Waals surface area contributed by atoms with Crippen LogP contribution in [0.4, 0.5) is 0 Å². The Balaban J connectivity index is 2.48. The molecule has 1 N–H and O–H groups in total. The molecule has 0 bridgehead atoms. The fourth-order valence-corrected chi connectivity index (χ4v) is 0.177. The molecule has 0 amide bonds. The van der Waals surface area contributed by atoms with Crippen molar-refractivity contribution in [2.75, 3.05) is 6.26 Å². The summed E-state index contributed by atoms with van der Waals surface area (Å²) in [7, 11) is 0. The zero-order valence-electron chi connectivity index (χ0n) is 2.99. The van der Waals surface area contributed by atoms with Gasteiger partial charge in [0.15, 0.2) is 0 Å². The smallest absolute Gasteiger partial charge is 0.0118 e. The summed E-state index contributed by atoms with van der Waals surface area (Å²) in [5.41, 5.74) is 0. The van der Waals surface area contributed by atoms with Crippen molar-refractivity contribution in [1.29, 1.82) is 0 Å². The van der Waals surface area contributed by atoms with Gasteiger partial charge >= 0.3 is 0 Å². The van der Waals surface area contributed by atoms with Crippen LogP contribution in [-0.2, 0) is 0 Å². The molecule has 0 radical (unpaired) electrons. The third-order valence-electron chi connectivity index (χ3n) is 0.161. The van der Waals surface area contributed by atoms with E-state index < -0.39 is 0 Å². The summed E-state index contributed by atoms with van der Waals surface area (Å²) in [6.45, 7) is 0. The maximum absolute atomic E-state index is 4.76. The molecule has 5 heavy (non-hydrogen) atoms. The molecule has 0 heterocycles. The summed E-state index contributed by atoms with van der Waals surface area (Å²) in [5, 5.41) is 0. The topological polar surface area (TPSA) is 12.0 Å². The lowest BCUT2D eigenvalue weighted by Crippen LogP contribution is -1.84. The second kappa shape index (κ2) is 3.71. The molecule has 0 aromatic carbocycles. The summed E-state index contributed by atoms with van der Waals surface area (Å²) in [5.74, 6) is 0. The molecule has 0 atom stereocenters. The largest absolute Gasteiger partial charge is 0.289 e. The van der Waals surface area contributed by atoms with E-state index in [1.165, 1.54) is 11.9 Å². The second-order valence-electron chi connectivity index (χ2n) is 0.451. The van der Waals surface area contributed by atoms with Crippen molar-refractivity contribution in [3.8, 4) is 12.5 Å². The first-order valence-electron chi connectivity index (χ1n) is 1.15. The van der Waals surface area contributed by atoms with Crippen LogP contribution in [0.5, 0.6) is 0 Å². The maximum atomic E-state index is 4.76. The summed E-state index contributed by atoms with van der Waals surface area (Å²) in [6.07, 6.45) is 6.63. The van der Waals surface area contributed by atoms with Gasteiger partial charge in [-0.05, 0) is 11.9 Å². The Bertz CT molecular complexity index is 45.3. The molecule has 0 unspecified atom stereocenters. The van der Waals surface area contributed by atoms with Crippen LogP contribution in [0, 0.1) is 12.5 Å². The van der Waals surface area contributed by atoms with E-state index in [4.69, 9.17) is 6.42 Å². The summed E-state index contributed by atoms with van der Waals surface area (Å²) in [6, 6.07) is 2.23. The first-order valence-corrected chi connectivity index (χ1v) is 2.38. The Morgan fingerprint density at radius 3 is 2.60 bits per heavy atom. The van der Waals surface area contributed by atoms with E-state index >= 15 is 0 Å². The van der Waals surface area contributed by atoms with E-state index in [0.29, 0.717) is 0 Å². The van der Waals surface area contributed by atoms with Crippen molar-refractivity contribution in [3.05, 3.63) is 0 Å². The maximum Gasteiger partial charge on any atom is 0.0118 e. The molecule has 0 saturated carbocycles. The van der Waals surface area contributed by atoms with Crippen molar-refractivity contribution in [1.82, 2.24) is 4.72 Å². The van der Waals surface area contributed by atoms with Crippen LogP contribution in [0.3, 0.4) is 0 Å².